The first-order valence-corrected chi connectivity index (χ1v) is 4.04. The highest BCUT2D eigenvalue weighted by Gasteiger charge is 2.51. The molecule has 0 aromatic rings. The minimum atomic E-state index is -5.69. The van der Waals surface area contributed by atoms with Crippen LogP contribution in [0.5, 0.6) is 0 Å². The normalized spacial score (nSPS) is 13.0. The Morgan fingerprint density at radius 3 is 2.25 bits per heavy atom. The maximum Gasteiger partial charge on any atom is 0.429 e. The first-order valence-electron chi connectivity index (χ1n) is 2.60. The highest BCUT2D eigenvalue weighted by molar-refractivity contribution is 7.87. The third-order valence-electron chi connectivity index (χ3n) is 0.924. The molecule has 0 spiro atoms. The monoisotopic (exact) mass is 204 g/mol. The number of halogens is 2. The number of alkyl halides is 2. The molecule has 0 aliphatic heterocycles. The van der Waals surface area contributed by atoms with Gasteiger partial charge < -0.3 is 4.74 Å². The van der Waals surface area contributed by atoms with Crippen LogP contribution in [-0.2, 0) is 19.6 Å². The van der Waals surface area contributed by atoms with Crippen molar-refractivity contribution in [3.8, 4) is 0 Å². The molecular formula is C4H6F2O5S. The van der Waals surface area contributed by atoms with E-state index in [2.05, 4.69) is 4.74 Å². The summed E-state index contributed by atoms with van der Waals surface area (Å²) < 4.78 is 56.2. The van der Waals surface area contributed by atoms with Gasteiger partial charge in [0.2, 0.25) is 5.78 Å². The molecule has 1 N–H and O–H groups in total. The number of carbonyl (C=O) groups excluding carboxylic acids is 1. The Morgan fingerprint density at radius 2 is 2.00 bits per heavy atom. The average molecular weight is 204 g/mol. The number of hydrogen-bond donors (Lipinski definition) is 1. The van der Waals surface area contributed by atoms with Crippen molar-refractivity contribution in [2.75, 3.05) is 13.7 Å². The predicted octanol–water partition coefficient (Wildman–Crippen LogP) is -0.317. The van der Waals surface area contributed by atoms with E-state index in [0.717, 1.165) is 7.11 Å². The van der Waals surface area contributed by atoms with Gasteiger partial charge in [-0.25, -0.2) is 0 Å². The van der Waals surface area contributed by atoms with Crippen molar-refractivity contribution in [3.63, 3.8) is 0 Å². The van der Waals surface area contributed by atoms with Gasteiger partial charge in [0.05, 0.1) is 0 Å². The second kappa shape index (κ2) is 3.42. The van der Waals surface area contributed by atoms with Crippen molar-refractivity contribution in [1.82, 2.24) is 0 Å². The molecule has 72 valence electrons. The predicted molar refractivity (Wildman–Crippen MR) is 33.4 cm³/mol. The van der Waals surface area contributed by atoms with Crippen molar-refractivity contribution in [3.05, 3.63) is 0 Å². The molecule has 0 unspecified atom stereocenters. The summed E-state index contributed by atoms with van der Waals surface area (Å²) in [5.41, 5.74) is 0. The fourth-order valence-electron chi connectivity index (χ4n) is 0.359. The molecule has 0 heterocycles. The Morgan fingerprint density at radius 1 is 1.58 bits per heavy atom. The van der Waals surface area contributed by atoms with Crippen LogP contribution in [-0.4, -0.2) is 37.7 Å². The topological polar surface area (TPSA) is 80.7 Å². The third-order valence-corrected chi connectivity index (χ3v) is 1.80. The Labute approximate surface area is 67.1 Å². The van der Waals surface area contributed by atoms with Crippen LogP contribution in [0.3, 0.4) is 0 Å². The molecule has 5 nitrogen and oxygen atoms in total. The van der Waals surface area contributed by atoms with E-state index in [0.29, 0.717) is 0 Å². The Balaban J connectivity index is 4.75. The van der Waals surface area contributed by atoms with E-state index >= 15 is 0 Å². The quantitative estimate of drug-likeness (QED) is 0.635. The summed E-state index contributed by atoms with van der Waals surface area (Å²) >= 11 is 0. The molecule has 0 aliphatic carbocycles. The lowest BCUT2D eigenvalue weighted by Gasteiger charge is -2.09. The van der Waals surface area contributed by atoms with Crippen molar-refractivity contribution in [2.24, 2.45) is 0 Å². The summed E-state index contributed by atoms with van der Waals surface area (Å²) in [6.45, 7) is -1.08. The second-order valence-electron chi connectivity index (χ2n) is 1.85. The molecule has 0 aromatic carbocycles. The van der Waals surface area contributed by atoms with Gasteiger partial charge in [-0.05, 0) is 0 Å². The minimum Gasteiger partial charge on any atom is -0.377 e. The fraction of sp³-hybridized carbons (Fsp3) is 0.750. The SMILES string of the molecule is COCC(=O)C(F)(F)S(=O)(=O)O. The van der Waals surface area contributed by atoms with Gasteiger partial charge in [0.1, 0.15) is 6.61 Å². The van der Waals surface area contributed by atoms with E-state index in [9.17, 15) is 22.0 Å². The van der Waals surface area contributed by atoms with E-state index in [1.54, 1.807) is 0 Å². The summed E-state index contributed by atoms with van der Waals surface area (Å²) in [6.07, 6.45) is 0. The molecule has 0 aliphatic rings. The molecule has 0 fully saturated rings. The van der Waals surface area contributed by atoms with Crippen molar-refractivity contribution in [1.29, 1.82) is 0 Å². The number of ketones is 1. The second-order valence-corrected chi connectivity index (χ2v) is 3.31. The summed E-state index contributed by atoms with van der Waals surface area (Å²) in [7, 11) is -4.74. The van der Waals surface area contributed by atoms with Gasteiger partial charge >= 0.3 is 15.4 Å². The van der Waals surface area contributed by atoms with Crippen LogP contribution in [0.15, 0.2) is 0 Å². The number of Topliss-reactive ketones (excluding diaryl/α,β-unsaturated/α-hetero) is 1. The summed E-state index contributed by atoms with van der Waals surface area (Å²) in [5, 5.41) is -4.79. The minimum absolute atomic E-state index is 0.942. The molecule has 0 rings (SSSR count). The Kier molecular flexibility index (Phi) is 3.25. The zero-order valence-corrected chi connectivity index (χ0v) is 6.77. The summed E-state index contributed by atoms with van der Waals surface area (Å²) in [4.78, 5) is 10.3. The lowest BCUT2D eigenvalue weighted by Crippen LogP contribution is -2.39. The van der Waals surface area contributed by atoms with Crippen LogP contribution in [0.2, 0.25) is 0 Å². The van der Waals surface area contributed by atoms with Gasteiger partial charge in [-0.3, -0.25) is 9.35 Å². The molecule has 12 heavy (non-hydrogen) atoms. The van der Waals surface area contributed by atoms with Crippen LogP contribution >= 0.6 is 0 Å². The Bertz CT molecular complexity index is 269. The largest absolute Gasteiger partial charge is 0.429 e. The van der Waals surface area contributed by atoms with Gasteiger partial charge in [0.25, 0.3) is 0 Å². The standard InChI is InChI=1S/C4H6F2O5S/c1-11-2-3(7)4(5,6)12(8,9)10/h2H2,1H3,(H,8,9,10). The highest BCUT2D eigenvalue weighted by atomic mass is 32.2. The molecule has 0 radical (unpaired) electrons. The average Bonchev–Trinajstić information content (AvgIpc) is 1.85. The summed E-state index contributed by atoms with van der Waals surface area (Å²) in [5.74, 6) is -2.01. The zero-order chi connectivity index (χ0) is 9.99. The van der Waals surface area contributed by atoms with Gasteiger partial charge in [-0.2, -0.15) is 17.2 Å². The van der Waals surface area contributed by atoms with Crippen LogP contribution in [0.1, 0.15) is 0 Å². The van der Waals surface area contributed by atoms with Crippen LogP contribution < -0.4 is 0 Å². The lowest BCUT2D eigenvalue weighted by molar-refractivity contribution is -0.137. The van der Waals surface area contributed by atoms with Crippen LogP contribution in [0.4, 0.5) is 8.78 Å². The van der Waals surface area contributed by atoms with Crippen molar-refractivity contribution >= 4 is 15.9 Å². The van der Waals surface area contributed by atoms with E-state index in [1.165, 1.54) is 0 Å². The molecule has 0 amide bonds. The van der Waals surface area contributed by atoms with Crippen LogP contribution in [0.25, 0.3) is 0 Å². The van der Waals surface area contributed by atoms with E-state index < -0.39 is 27.8 Å². The molecule has 0 saturated carbocycles. The van der Waals surface area contributed by atoms with E-state index in [4.69, 9.17) is 4.55 Å². The fourth-order valence-corrected chi connectivity index (χ4v) is 0.706. The number of hydrogen-bond acceptors (Lipinski definition) is 4. The molecular weight excluding hydrogens is 198 g/mol. The maximum atomic E-state index is 12.2. The van der Waals surface area contributed by atoms with Crippen molar-refractivity contribution < 1.29 is 31.3 Å². The van der Waals surface area contributed by atoms with E-state index in [-0.39, 0.29) is 0 Å². The smallest absolute Gasteiger partial charge is 0.377 e. The third kappa shape index (κ3) is 2.19. The molecule has 0 atom stereocenters. The van der Waals surface area contributed by atoms with Gasteiger partial charge in [0.15, 0.2) is 0 Å². The van der Waals surface area contributed by atoms with Crippen molar-refractivity contribution in [2.45, 2.75) is 5.25 Å². The van der Waals surface area contributed by atoms with Gasteiger partial charge in [-0.1, -0.05) is 0 Å². The zero-order valence-electron chi connectivity index (χ0n) is 5.95. The number of carbonyl (C=O) groups is 1. The number of rotatable bonds is 4. The highest BCUT2D eigenvalue weighted by Crippen LogP contribution is 2.21. The first-order chi connectivity index (χ1) is 5.23. The lowest BCUT2D eigenvalue weighted by atomic mass is 10.4. The Hall–Kier alpha value is -0.600. The van der Waals surface area contributed by atoms with Gasteiger partial charge in [0, 0.05) is 7.11 Å². The first kappa shape index (κ1) is 11.4. The molecule has 8 heteroatoms. The summed E-state index contributed by atoms with van der Waals surface area (Å²) in [6, 6.07) is 0. The number of ether oxygens (including phenoxy) is 1. The maximum absolute atomic E-state index is 12.2. The molecule has 0 saturated heterocycles. The van der Waals surface area contributed by atoms with E-state index in [1.807, 2.05) is 0 Å². The molecule has 0 aromatic heterocycles. The van der Waals surface area contributed by atoms with Crippen LogP contribution in [0, 0.1) is 0 Å². The van der Waals surface area contributed by atoms with Gasteiger partial charge in [-0.15, -0.1) is 0 Å². The molecule has 0 bridgehead atoms. The number of methoxy groups -OCH3 is 1.